The summed E-state index contributed by atoms with van der Waals surface area (Å²) in [6.07, 6.45) is 9.61. The zero-order chi connectivity index (χ0) is 27.5. The van der Waals surface area contributed by atoms with E-state index in [2.05, 4.69) is 25.4 Å². The van der Waals surface area contributed by atoms with Crippen LogP contribution in [0.3, 0.4) is 0 Å². The van der Waals surface area contributed by atoms with Gasteiger partial charge in [0.15, 0.2) is 11.4 Å². The highest BCUT2D eigenvalue weighted by atomic mass is 19.1. The van der Waals surface area contributed by atoms with Gasteiger partial charge in [0.25, 0.3) is 5.91 Å². The van der Waals surface area contributed by atoms with Crippen molar-refractivity contribution in [3.05, 3.63) is 72.1 Å². The fourth-order valence-corrected chi connectivity index (χ4v) is 6.25. The number of carbonyl (C=O) groups is 2. The quantitative estimate of drug-likeness (QED) is 0.322. The molecule has 2 saturated heterocycles. The van der Waals surface area contributed by atoms with Crippen molar-refractivity contribution in [2.75, 3.05) is 5.73 Å². The van der Waals surface area contributed by atoms with Gasteiger partial charge in [-0.25, -0.2) is 14.1 Å². The maximum Gasteiger partial charge on any atom is 0.292 e. The Kier molecular flexibility index (Phi) is 5.47. The van der Waals surface area contributed by atoms with Gasteiger partial charge in [-0.3, -0.25) is 9.59 Å². The van der Waals surface area contributed by atoms with Crippen LogP contribution in [0.25, 0.3) is 22.5 Å². The lowest BCUT2D eigenvalue weighted by Crippen LogP contribution is -2.46. The molecular formula is C27H25FN10O2. The molecule has 0 radical (unpaired) electrons. The summed E-state index contributed by atoms with van der Waals surface area (Å²) in [6.45, 7) is 1.48. The Hall–Kier alpha value is -4.94. The second kappa shape index (κ2) is 9.07. The minimum absolute atomic E-state index is 0.00117. The van der Waals surface area contributed by atoms with Gasteiger partial charge in [0.05, 0.1) is 29.3 Å². The summed E-state index contributed by atoms with van der Waals surface area (Å²) in [5.41, 5.74) is 10.2. The lowest BCUT2D eigenvalue weighted by atomic mass is 9.85. The van der Waals surface area contributed by atoms with Crippen LogP contribution < -0.4 is 5.73 Å². The summed E-state index contributed by atoms with van der Waals surface area (Å²) in [7, 11) is 0. The molecule has 12 nitrogen and oxygen atoms in total. The van der Waals surface area contributed by atoms with Gasteiger partial charge in [-0.1, -0.05) is 0 Å². The third-order valence-electron chi connectivity index (χ3n) is 8.02. The number of H-pyrrole nitrogens is 1. The van der Waals surface area contributed by atoms with E-state index in [-0.39, 0.29) is 47.2 Å². The number of aromatic amines is 1. The predicted molar refractivity (Wildman–Crippen MR) is 141 cm³/mol. The molecule has 1 aromatic carbocycles. The molecule has 2 aliphatic rings. The molecule has 2 bridgehead atoms. The van der Waals surface area contributed by atoms with Crippen LogP contribution in [0.4, 0.5) is 10.2 Å². The van der Waals surface area contributed by atoms with Crippen LogP contribution in [0.5, 0.6) is 0 Å². The first-order valence-corrected chi connectivity index (χ1v) is 13.1. The molecule has 40 heavy (non-hydrogen) atoms. The molecule has 5 aromatic rings. The average molecular weight is 541 g/mol. The van der Waals surface area contributed by atoms with Gasteiger partial charge in [-0.2, -0.15) is 14.7 Å². The first-order chi connectivity index (χ1) is 19.4. The standard InChI is InChI=1S/C27H25FN10O2/c1-14(39)22-23(15-8-19-6-7-20(9-15)37(19)27(40)25-30-13-31-35-25)34-26-21(11-33-38(26)24(22)29)16-10-32-36(12-16)18-4-2-17(28)3-5-18/h2-5,10-13,15,19-20H,6-9,29H2,1H3,(H,30,31,35)/t15-,19+,20-. The Morgan fingerprint density at radius 2 is 1.82 bits per heavy atom. The number of nitrogens with zero attached hydrogens (tertiary/aromatic N) is 8. The van der Waals surface area contributed by atoms with E-state index in [1.807, 2.05) is 11.1 Å². The number of amides is 1. The highest BCUT2D eigenvalue weighted by molar-refractivity contribution is 6.00. The minimum Gasteiger partial charge on any atom is -0.383 e. The zero-order valence-electron chi connectivity index (χ0n) is 21.5. The van der Waals surface area contributed by atoms with Crippen molar-refractivity contribution < 1.29 is 14.0 Å². The average Bonchev–Trinajstić information content (AvgIpc) is 3.74. The van der Waals surface area contributed by atoms with Crippen LogP contribution in [-0.4, -0.2) is 68.2 Å². The van der Waals surface area contributed by atoms with Gasteiger partial charge in [0, 0.05) is 35.3 Å². The van der Waals surface area contributed by atoms with Crippen molar-refractivity contribution in [3.8, 4) is 16.8 Å². The minimum atomic E-state index is -0.325. The molecule has 2 fully saturated rings. The molecular weight excluding hydrogens is 515 g/mol. The molecule has 13 heteroatoms. The smallest absolute Gasteiger partial charge is 0.292 e. The van der Waals surface area contributed by atoms with E-state index in [4.69, 9.17) is 10.7 Å². The topological polar surface area (TPSA) is 153 Å². The van der Waals surface area contributed by atoms with Crippen LogP contribution >= 0.6 is 0 Å². The summed E-state index contributed by atoms with van der Waals surface area (Å²) < 4.78 is 16.5. The first kappa shape index (κ1) is 24.1. The Morgan fingerprint density at radius 1 is 1.07 bits per heavy atom. The number of hydrogen-bond donors (Lipinski definition) is 2. The maximum absolute atomic E-state index is 13.4. The van der Waals surface area contributed by atoms with Crippen LogP contribution in [0.2, 0.25) is 0 Å². The second-order valence-electron chi connectivity index (χ2n) is 10.4. The van der Waals surface area contributed by atoms with Crippen LogP contribution in [0, 0.1) is 5.82 Å². The highest BCUT2D eigenvalue weighted by Gasteiger charge is 2.45. The number of piperidine rings is 1. The van der Waals surface area contributed by atoms with E-state index in [1.165, 1.54) is 29.9 Å². The lowest BCUT2D eigenvalue weighted by molar-refractivity contribution is 0.0556. The number of halogens is 1. The first-order valence-electron chi connectivity index (χ1n) is 13.1. The second-order valence-corrected chi connectivity index (χ2v) is 10.4. The third kappa shape index (κ3) is 3.76. The summed E-state index contributed by atoms with van der Waals surface area (Å²) >= 11 is 0. The van der Waals surface area contributed by atoms with Crippen molar-refractivity contribution in [3.63, 3.8) is 0 Å². The number of aromatic nitrogens is 8. The molecule has 1 amide bonds. The number of hydrogen-bond acceptors (Lipinski definition) is 8. The van der Waals surface area contributed by atoms with E-state index in [0.29, 0.717) is 41.0 Å². The molecule has 2 aliphatic heterocycles. The Morgan fingerprint density at radius 3 is 2.50 bits per heavy atom. The summed E-state index contributed by atoms with van der Waals surface area (Å²) in [6, 6.07) is 6.04. The zero-order valence-corrected chi connectivity index (χ0v) is 21.5. The van der Waals surface area contributed by atoms with E-state index >= 15 is 0 Å². The van der Waals surface area contributed by atoms with Crippen molar-refractivity contribution in [2.45, 2.75) is 50.6 Å². The number of carbonyl (C=O) groups excluding carboxylic acids is 2. The van der Waals surface area contributed by atoms with Crippen molar-refractivity contribution in [2.24, 2.45) is 0 Å². The molecule has 0 spiro atoms. The number of nitrogens with two attached hydrogens (primary N) is 1. The van der Waals surface area contributed by atoms with E-state index in [0.717, 1.165) is 18.4 Å². The van der Waals surface area contributed by atoms with Crippen LogP contribution in [-0.2, 0) is 0 Å². The number of fused-ring (bicyclic) bond motifs is 3. The van der Waals surface area contributed by atoms with Gasteiger partial charge in [-0.15, -0.1) is 10.2 Å². The summed E-state index contributed by atoms with van der Waals surface area (Å²) in [5.74, 6) is -0.267. The van der Waals surface area contributed by atoms with Crippen LogP contribution in [0.15, 0.2) is 49.2 Å². The molecule has 0 unspecified atom stereocenters. The molecule has 6 heterocycles. The summed E-state index contributed by atoms with van der Waals surface area (Å²) in [5, 5.41) is 16.5. The van der Waals surface area contributed by atoms with Crippen LogP contribution in [0.1, 0.15) is 65.2 Å². The highest BCUT2D eigenvalue weighted by Crippen LogP contribution is 2.45. The van der Waals surface area contributed by atoms with Gasteiger partial charge in [0.1, 0.15) is 18.0 Å². The van der Waals surface area contributed by atoms with Gasteiger partial charge < -0.3 is 15.6 Å². The van der Waals surface area contributed by atoms with Crippen molar-refractivity contribution >= 4 is 23.2 Å². The Bertz CT molecular complexity index is 1740. The predicted octanol–water partition coefficient (Wildman–Crippen LogP) is 3.17. The number of Topliss-reactive ketones (excluding diaryl/α,β-unsaturated/α-hetero) is 1. The number of ketones is 1. The molecule has 4 aromatic heterocycles. The summed E-state index contributed by atoms with van der Waals surface area (Å²) in [4.78, 5) is 35.7. The molecule has 3 N–H and O–H groups in total. The Balaban J connectivity index is 1.27. The Labute approximate surface area is 227 Å². The molecule has 0 saturated carbocycles. The van der Waals surface area contributed by atoms with Crippen molar-refractivity contribution in [1.82, 2.24) is 44.5 Å². The number of anilines is 1. The molecule has 7 rings (SSSR count). The molecule has 202 valence electrons. The lowest BCUT2D eigenvalue weighted by Gasteiger charge is -2.38. The monoisotopic (exact) mass is 540 g/mol. The fraction of sp³-hybridized carbons (Fsp3) is 0.296. The van der Waals surface area contributed by atoms with Crippen molar-refractivity contribution in [1.29, 1.82) is 0 Å². The SMILES string of the molecule is CC(=O)c1c([C@H]2C[C@H]3CC[C@@H](C2)N3C(=O)c2nnc[nH]2)nc2c(-c3cnn(-c4ccc(F)cc4)c3)cnn2c1N. The number of nitrogens with one attached hydrogen (secondary N) is 1. The van der Waals surface area contributed by atoms with E-state index < -0.39 is 0 Å². The fourth-order valence-electron chi connectivity index (χ4n) is 6.25. The number of rotatable bonds is 5. The van der Waals surface area contributed by atoms with Gasteiger partial charge >= 0.3 is 0 Å². The third-order valence-corrected chi connectivity index (χ3v) is 8.02. The van der Waals surface area contributed by atoms with E-state index in [1.54, 1.807) is 29.2 Å². The van der Waals surface area contributed by atoms with E-state index in [9.17, 15) is 14.0 Å². The molecule has 0 aliphatic carbocycles. The molecule has 3 atom stereocenters. The normalized spacial score (nSPS) is 20.4. The largest absolute Gasteiger partial charge is 0.383 e. The maximum atomic E-state index is 13.4. The number of nitrogen functional groups attached to an aromatic ring is 1. The van der Waals surface area contributed by atoms with Gasteiger partial charge in [-0.05, 0) is 56.9 Å². The number of benzene rings is 1. The van der Waals surface area contributed by atoms with Gasteiger partial charge in [0.2, 0.25) is 5.82 Å².